The first kappa shape index (κ1) is 80.3. The molecule has 5 heterocycles. The average molecular weight is 1520 g/mol. The Bertz CT molecular complexity index is 4040. The number of rotatable bonds is 33. The molecule has 0 N–H and O–H groups in total. The first-order valence-corrected chi connectivity index (χ1v) is 43.2. The molecule has 15 atom stereocenters. The van der Waals surface area contributed by atoms with Crippen LogP contribution in [0.25, 0.3) is 0 Å². The van der Waals surface area contributed by atoms with Gasteiger partial charge in [-0.05, 0) is 94.6 Å². The zero-order chi connectivity index (χ0) is 76.3. The van der Waals surface area contributed by atoms with Crippen molar-refractivity contribution in [3.63, 3.8) is 0 Å². The predicted octanol–water partition coefficient (Wildman–Crippen LogP) is 15.9. The summed E-state index contributed by atoms with van der Waals surface area (Å²) in [6, 6.07) is 81.6. The lowest BCUT2D eigenvalue weighted by Crippen LogP contribution is -2.67. The second-order valence-electron chi connectivity index (χ2n) is 32.5. The second kappa shape index (κ2) is 35.5. The Morgan fingerprint density at radius 1 is 0.422 bits per heavy atom. The van der Waals surface area contributed by atoms with E-state index in [1.807, 2.05) is 222 Å². The molecule has 0 saturated carbocycles. The molecule has 580 valence electrons. The van der Waals surface area contributed by atoms with Gasteiger partial charge in [-0.25, -0.2) is 0 Å². The molecule has 0 aromatic heterocycles. The summed E-state index contributed by atoms with van der Waals surface area (Å²) in [7, 11) is -6.21. The number of hydrogen-bond donors (Lipinski definition) is 0. The van der Waals surface area contributed by atoms with E-state index < -0.39 is 125 Å². The highest BCUT2D eigenvalue weighted by Gasteiger charge is 2.65. The van der Waals surface area contributed by atoms with Gasteiger partial charge < -0.3 is 79.9 Å². The van der Waals surface area contributed by atoms with Gasteiger partial charge in [0.2, 0.25) is 5.79 Å². The van der Waals surface area contributed by atoms with Crippen LogP contribution in [-0.4, -0.2) is 140 Å². The third-order valence-electron chi connectivity index (χ3n) is 21.4. The van der Waals surface area contributed by atoms with Crippen molar-refractivity contribution in [1.29, 1.82) is 0 Å². The van der Waals surface area contributed by atoms with Gasteiger partial charge in [0.05, 0.1) is 52.4 Å². The molecular weight excluding hydrogens is 1410 g/mol. The predicted molar refractivity (Wildman–Crippen MR) is 422 cm³/mol. The van der Waals surface area contributed by atoms with Crippen LogP contribution in [0, 0.1) is 0 Å². The minimum absolute atomic E-state index is 0.0222. The van der Waals surface area contributed by atoms with Crippen molar-refractivity contribution in [1.82, 2.24) is 0 Å². The first-order chi connectivity index (χ1) is 52.5. The molecule has 0 amide bonds. The molecule has 19 heteroatoms. The SMILES string of the molecule is CC1(C)O[C@H]2[C@@H](O1)[C@@H](/C=C/C(O[Si](C)(C)C(C)(C)C)[C@H]1O[C@H](O[C@]3(COCOCc4ccccc4)O[C@H](CO[Si](c4ccccc4)(c4ccccc4)C(C)(C)C)[C@@H](OCc4ccccc4)[C@@H]3OCc3ccccc3)[C@H](OCc3ccccc3)[C@@H](OCc3ccccc3)[C@@H]1OCc1ccccc1)O[C@@H]1OC(C)(C)O[C@@H]12. The van der Waals surface area contributed by atoms with Gasteiger partial charge in [-0.2, -0.15) is 0 Å². The van der Waals surface area contributed by atoms with E-state index in [1.54, 1.807) is 0 Å². The van der Waals surface area contributed by atoms with Gasteiger partial charge in [-0.1, -0.05) is 296 Å². The van der Waals surface area contributed by atoms with Gasteiger partial charge in [0, 0.05) is 0 Å². The highest BCUT2D eigenvalue weighted by molar-refractivity contribution is 6.99. The maximum Gasteiger partial charge on any atom is 0.261 e. The summed E-state index contributed by atoms with van der Waals surface area (Å²) >= 11 is 0. The molecule has 0 radical (unpaired) electrons. The summed E-state index contributed by atoms with van der Waals surface area (Å²) < 4.78 is 125. The normalized spacial score (nSPS) is 27.2. The zero-order valence-electron chi connectivity index (χ0n) is 65.1. The van der Waals surface area contributed by atoms with Gasteiger partial charge in [0.25, 0.3) is 8.32 Å². The summed E-state index contributed by atoms with van der Waals surface area (Å²) in [4.78, 5) is 0. The summed E-state index contributed by atoms with van der Waals surface area (Å²) in [6.07, 6.45) is -8.65. The third kappa shape index (κ3) is 19.7. The van der Waals surface area contributed by atoms with Crippen molar-refractivity contribution < 1.29 is 79.9 Å². The fourth-order valence-electron chi connectivity index (χ4n) is 15.1. The monoisotopic (exact) mass is 1520 g/mol. The van der Waals surface area contributed by atoms with Gasteiger partial charge in [-0.15, -0.1) is 0 Å². The lowest BCUT2D eigenvalue weighted by Gasteiger charge is -2.51. The Hall–Kier alpha value is -6.75. The summed E-state index contributed by atoms with van der Waals surface area (Å²) in [5.41, 5.74) is 5.55. The number of ether oxygens (including phenoxy) is 15. The van der Waals surface area contributed by atoms with E-state index in [2.05, 4.69) is 115 Å². The van der Waals surface area contributed by atoms with Gasteiger partial charge >= 0.3 is 0 Å². The quantitative estimate of drug-likeness (QED) is 0.0165. The maximum atomic E-state index is 8.21. The molecule has 0 aliphatic carbocycles. The largest absolute Gasteiger partial charge is 0.408 e. The second-order valence-corrected chi connectivity index (χ2v) is 41.5. The van der Waals surface area contributed by atoms with Crippen molar-refractivity contribution in [3.05, 3.63) is 288 Å². The first-order valence-electron chi connectivity index (χ1n) is 38.4. The van der Waals surface area contributed by atoms with Crippen molar-refractivity contribution in [3.8, 4) is 0 Å². The molecule has 8 aromatic carbocycles. The van der Waals surface area contributed by atoms with E-state index in [0.717, 1.165) is 43.8 Å². The Morgan fingerprint density at radius 2 is 0.835 bits per heavy atom. The fraction of sp³-hybridized carbons (Fsp3) is 0.444. The lowest BCUT2D eigenvalue weighted by molar-refractivity contribution is -0.401. The molecule has 0 bridgehead atoms. The van der Waals surface area contributed by atoms with E-state index in [0.29, 0.717) is 0 Å². The summed E-state index contributed by atoms with van der Waals surface area (Å²) in [6.45, 7) is 26.0. The Kier molecular flexibility index (Phi) is 26.2. The summed E-state index contributed by atoms with van der Waals surface area (Å²) in [5.74, 6) is -3.90. The van der Waals surface area contributed by atoms with E-state index >= 15 is 0 Å². The lowest BCUT2D eigenvalue weighted by atomic mass is 9.92. The van der Waals surface area contributed by atoms with Crippen molar-refractivity contribution in [2.24, 2.45) is 0 Å². The van der Waals surface area contributed by atoms with Crippen molar-refractivity contribution in [2.75, 3.05) is 20.0 Å². The van der Waals surface area contributed by atoms with Gasteiger partial charge in [-0.3, -0.25) is 0 Å². The van der Waals surface area contributed by atoms with Crippen LogP contribution in [-0.2, 0) is 120 Å². The van der Waals surface area contributed by atoms with Crippen LogP contribution in [0.3, 0.4) is 0 Å². The van der Waals surface area contributed by atoms with Gasteiger partial charge in [0.1, 0.15) is 80.5 Å². The Morgan fingerprint density at radius 3 is 1.31 bits per heavy atom. The Balaban J connectivity index is 0.999. The molecular formula is C90H110O17Si2. The molecule has 1 unspecified atom stereocenters. The Labute approximate surface area is 646 Å². The van der Waals surface area contributed by atoms with Crippen LogP contribution >= 0.6 is 0 Å². The minimum Gasteiger partial charge on any atom is -0.408 e. The molecule has 109 heavy (non-hydrogen) atoms. The molecule has 5 fully saturated rings. The third-order valence-corrected chi connectivity index (χ3v) is 30.9. The molecule has 5 aliphatic rings. The molecule has 5 saturated heterocycles. The highest BCUT2D eigenvalue weighted by atomic mass is 28.4. The van der Waals surface area contributed by atoms with E-state index in [4.69, 9.17) is 79.9 Å². The minimum atomic E-state index is -3.32. The summed E-state index contributed by atoms with van der Waals surface area (Å²) in [5, 5.41) is 1.43. The van der Waals surface area contributed by atoms with Crippen LogP contribution < -0.4 is 10.4 Å². The van der Waals surface area contributed by atoms with Crippen LogP contribution in [0.1, 0.15) is 103 Å². The topological polar surface area (TPSA) is 157 Å². The zero-order valence-corrected chi connectivity index (χ0v) is 67.1. The fourth-order valence-corrected chi connectivity index (χ4v) is 20.9. The van der Waals surface area contributed by atoms with Crippen LogP contribution in [0.4, 0.5) is 0 Å². The highest BCUT2D eigenvalue weighted by Crippen LogP contribution is 2.48. The van der Waals surface area contributed by atoms with Crippen molar-refractivity contribution >= 4 is 27.0 Å². The maximum absolute atomic E-state index is 8.21. The van der Waals surface area contributed by atoms with Crippen LogP contribution in [0.2, 0.25) is 23.2 Å². The average Bonchev–Trinajstić information content (AvgIpc) is 1.52. The van der Waals surface area contributed by atoms with E-state index in [9.17, 15) is 0 Å². The number of benzene rings is 8. The molecule has 5 aliphatic heterocycles. The number of hydrogen-bond acceptors (Lipinski definition) is 17. The molecule has 8 aromatic rings. The molecule has 13 rings (SSSR count). The van der Waals surface area contributed by atoms with E-state index in [-0.39, 0.29) is 64.7 Å². The van der Waals surface area contributed by atoms with Crippen molar-refractivity contribution in [2.45, 2.75) is 235 Å². The van der Waals surface area contributed by atoms with E-state index in [1.165, 1.54) is 0 Å². The molecule has 0 spiro atoms. The van der Waals surface area contributed by atoms with Gasteiger partial charge in [0.15, 0.2) is 32.5 Å². The van der Waals surface area contributed by atoms with Crippen LogP contribution in [0.5, 0.6) is 0 Å². The molecule has 17 nitrogen and oxygen atoms in total. The standard InChI is InChI=1S/C90H110O17Si2/c1-86(2,3)108(11,12)107-73(54-53-72-76-80(103-88(7,8)102-76)82-85(99-72)105-89(9,10)104-82)75-78(94-57-66-41-25-15-26-42-66)79(95-58-67-43-27-16-28-44-67)81(96-59-68-45-29-17-30-46-68)84(100-75)106-90(62-92-63-91-55-64-37-21-13-22-38-64)83(97-60-69-47-31-18-32-48-69)77(93-56-65-39-23-14-24-40-65)74(101-90)61-98-109(87(4,5)6,70-49-33-19-34-50-70)71-51-35-20-36-52-71/h13-54,72-85H,55-63H2,1-12H3/b54-53+/t72-,73?,74-,75-,76+,77-,78-,79+,80+,81-,82-,83+,84-,85-,90+/m1/s1. The smallest absolute Gasteiger partial charge is 0.261 e. The van der Waals surface area contributed by atoms with Crippen LogP contribution in [0.15, 0.2) is 255 Å². The number of fused-ring (bicyclic) bond motifs is 3.